The van der Waals surface area contributed by atoms with Gasteiger partial charge in [0.1, 0.15) is 41.2 Å². The van der Waals surface area contributed by atoms with E-state index in [1.165, 1.54) is 4.57 Å². The van der Waals surface area contributed by atoms with Gasteiger partial charge in [0.05, 0.1) is 39.9 Å². The third-order valence-electron chi connectivity index (χ3n) is 9.87. The fourth-order valence-corrected chi connectivity index (χ4v) is 9.78. The van der Waals surface area contributed by atoms with E-state index >= 15 is 4.57 Å². The van der Waals surface area contributed by atoms with Crippen LogP contribution in [0.15, 0.2) is 95.9 Å². The summed E-state index contributed by atoms with van der Waals surface area (Å²) in [5.74, 6) is 1.36. The number of fused-ring (bicyclic) bond motifs is 1. The smallest absolute Gasteiger partial charge is 0.409 e. The Morgan fingerprint density at radius 2 is 1.55 bits per heavy atom. The maximum absolute atomic E-state index is 15.0. The standard InChI is InChI=1S/C42H50N5O8P/c1-28(2)47(29(3)4)56(49,53-23-11-22-43)55-37-25-39(46-26-31-24-30(5)44-40(31)45-41(46)48)54-38(37)27-52-42(32-12-9-8-10-13-32,33-14-18-35(50-6)19-15-33)34-16-20-36(51-7)21-17-34/h8-10,12-21,24,26,28-29,37-39H,11,23,25,27H2,1-7H3,(H,44,45,48)/t37-,38+,39+,56?/m0/s1. The Hall–Kier alpha value is -4.80. The molecule has 1 N–H and O–H groups in total. The summed E-state index contributed by atoms with van der Waals surface area (Å²) in [6, 6.07) is 28.7. The third kappa shape index (κ3) is 8.47. The number of nitriles is 1. The SMILES string of the molecule is COc1ccc(C(OC[C@H]2O[C@@H](n3cc4cc(C)[nH]c4nc3=O)C[C@@H]2OP(=O)(OCCC#N)N(C(C)C)C(C)C)(c2ccccc2)c2ccc(OC)cc2)cc1. The maximum Gasteiger partial charge on any atom is 0.409 e. The number of benzene rings is 3. The second-order valence-corrected chi connectivity index (χ2v) is 16.2. The highest BCUT2D eigenvalue weighted by Crippen LogP contribution is 2.57. The fraction of sp³-hybridized carbons (Fsp3) is 0.405. The summed E-state index contributed by atoms with van der Waals surface area (Å²) in [5, 5.41) is 10.1. The van der Waals surface area contributed by atoms with Gasteiger partial charge in [0, 0.05) is 35.8 Å². The van der Waals surface area contributed by atoms with Crippen molar-refractivity contribution in [3.63, 3.8) is 0 Å². The van der Waals surface area contributed by atoms with Crippen LogP contribution in [-0.4, -0.2) is 70.9 Å². The minimum atomic E-state index is -4.07. The minimum Gasteiger partial charge on any atom is -0.497 e. The molecular formula is C42H50N5O8P. The maximum atomic E-state index is 15.0. The Balaban J connectivity index is 1.46. The monoisotopic (exact) mass is 783 g/mol. The van der Waals surface area contributed by atoms with Crippen molar-refractivity contribution in [2.45, 2.75) is 83.6 Å². The van der Waals surface area contributed by atoms with Gasteiger partial charge in [-0.2, -0.15) is 10.2 Å². The van der Waals surface area contributed by atoms with Crippen molar-refractivity contribution in [2.75, 3.05) is 27.4 Å². The van der Waals surface area contributed by atoms with Gasteiger partial charge < -0.3 is 23.9 Å². The Morgan fingerprint density at radius 1 is 0.964 bits per heavy atom. The highest BCUT2D eigenvalue weighted by molar-refractivity contribution is 7.51. The van der Waals surface area contributed by atoms with Crippen LogP contribution in [0, 0.1) is 18.3 Å². The van der Waals surface area contributed by atoms with E-state index in [0.717, 1.165) is 27.8 Å². The van der Waals surface area contributed by atoms with E-state index in [9.17, 15) is 10.1 Å². The summed E-state index contributed by atoms with van der Waals surface area (Å²) in [4.78, 5) is 20.9. The van der Waals surface area contributed by atoms with Gasteiger partial charge in [-0.3, -0.25) is 13.6 Å². The molecule has 3 heterocycles. The van der Waals surface area contributed by atoms with Gasteiger partial charge in [0.25, 0.3) is 0 Å². The number of hydrogen-bond acceptors (Lipinski definition) is 10. The zero-order chi connectivity index (χ0) is 40.0. The first kappa shape index (κ1) is 40.9. The molecule has 1 fully saturated rings. The van der Waals surface area contributed by atoms with Crippen molar-refractivity contribution in [3.8, 4) is 17.6 Å². The summed E-state index contributed by atoms with van der Waals surface area (Å²) in [7, 11) is -0.836. The van der Waals surface area contributed by atoms with Crippen LogP contribution in [0.25, 0.3) is 11.0 Å². The van der Waals surface area contributed by atoms with Gasteiger partial charge in [-0.05, 0) is 81.6 Å². The molecule has 13 nitrogen and oxygen atoms in total. The first-order valence-corrected chi connectivity index (χ1v) is 20.2. The van der Waals surface area contributed by atoms with E-state index in [4.69, 9.17) is 28.0 Å². The van der Waals surface area contributed by atoms with Crippen LogP contribution in [0.2, 0.25) is 0 Å². The molecule has 0 spiro atoms. The number of aromatic amines is 1. The van der Waals surface area contributed by atoms with Gasteiger partial charge in [-0.15, -0.1) is 0 Å². The molecule has 0 aliphatic carbocycles. The predicted octanol–water partition coefficient (Wildman–Crippen LogP) is 7.89. The Labute approximate surface area is 327 Å². The lowest BCUT2D eigenvalue weighted by atomic mass is 9.80. The summed E-state index contributed by atoms with van der Waals surface area (Å²) >= 11 is 0. The second kappa shape index (κ2) is 17.6. The number of rotatable bonds is 17. The molecule has 6 rings (SSSR count). The lowest BCUT2D eigenvalue weighted by Gasteiger charge is -2.39. The van der Waals surface area contributed by atoms with Gasteiger partial charge in [0.15, 0.2) is 0 Å². The number of methoxy groups -OCH3 is 2. The molecule has 3 aromatic carbocycles. The second-order valence-electron chi connectivity index (χ2n) is 14.3. The third-order valence-corrected chi connectivity index (χ3v) is 12.4. The van der Waals surface area contributed by atoms with Gasteiger partial charge in [-0.25, -0.2) is 14.0 Å². The van der Waals surface area contributed by atoms with E-state index < -0.39 is 37.5 Å². The normalized spacial score (nSPS) is 18.4. The Kier molecular flexibility index (Phi) is 12.8. The van der Waals surface area contributed by atoms with E-state index in [1.807, 2.05) is 120 Å². The molecule has 14 heteroatoms. The first-order valence-electron chi connectivity index (χ1n) is 18.7. The highest BCUT2D eigenvalue weighted by atomic mass is 31.2. The molecule has 0 radical (unpaired) electrons. The molecule has 1 saturated heterocycles. The topological polar surface area (TPSA) is 150 Å². The van der Waals surface area contributed by atoms with Crippen molar-refractivity contribution in [1.82, 2.24) is 19.2 Å². The van der Waals surface area contributed by atoms with Crippen LogP contribution < -0.4 is 15.2 Å². The fourth-order valence-electron chi connectivity index (χ4n) is 7.46. The number of nitrogens with one attached hydrogen (secondary N) is 1. The number of aromatic nitrogens is 3. The molecule has 0 saturated carbocycles. The Morgan fingerprint density at radius 3 is 2.11 bits per heavy atom. The predicted molar refractivity (Wildman–Crippen MR) is 213 cm³/mol. The van der Waals surface area contributed by atoms with Crippen LogP contribution in [-0.2, 0) is 28.7 Å². The van der Waals surface area contributed by atoms with Crippen LogP contribution in [0.5, 0.6) is 11.5 Å². The quantitative estimate of drug-likeness (QED) is 0.0557. The number of hydrogen-bond donors (Lipinski definition) is 1. The number of H-pyrrole nitrogens is 1. The molecule has 56 heavy (non-hydrogen) atoms. The summed E-state index contributed by atoms with van der Waals surface area (Å²) in [6.07, 6.45) is -0.731. The highest BCUT2D eigenvalue weighted by Gasteiger charge is 2.48. The zero-order valence-electron chi connectivity index (χ0n) is 32.9. The van der Waals surface area contributed by atoms with Crippen LogP contribution in [0.3, 0.4) is 0 Å². The van der Waals surface area contributed by atoms with Crippen molar-refractivity contribution in [3.05, 3.63) is 124 Å². The average molecular weight is 784 g/mol. The van der Waals surface area contributed by atoms with Crippen LogP contribution in [0.1, 0.15) is 69.1 Å². The Bertz CT molecular complexity index is 2160. The largest absolute Gasteiger partial charge is 0.497 e. The van der Waals surface area contributed by atoms with E-state index in [1.54, 1.807) is 25.1 Å². The number of nitrogens with zero attached hydrogens (tertiary/aromatic N) is 4. The molecule has 1 unspecified atom stereocenters. The van der Waals surface area contributed by atoms with Crippen molar-refractivity contribution in [1.29, 1.82) is 5.26 Å². The lowest BCUT2D eigenvalue weighted by molar-refractivity contribution is -0.0937. The van der Waals surface area contributed by atoms with Gasteiger partial charge in [-0.1, -0.05) is 54.6 Å². The molecule has 0 bridgehead atoms. The summed E-state index contributed by atoms with van der Waals surface area (Å²) < 4.78 is 55.8. The molecule has 0 amide bonds. The zero-order valence-corrected chi connectivity index (χ0v) is 33.8. The van der Waals surface area contributed by atoms with E-state index in [2.05, 4.69) is 16.0 Å². The summed E-state index contributed by atoms with van der Waals surface area (Å²) in [5.41, 5.74) is 2.09. The number of ether oxygens (including phenoxy) is 4. The number of aryl methyl sites for hydroxylation is 1. The molecular weight excluding hydrogens is 733 g/mol. The van der Waals surface area contributed by atoms with Crippen LogP contribution >= 0.6 is 7.75 Å². The van der Waals surface area contributed by atoms with E-state index in [-0.39, 0.29) is 38.1 Å². The van der Waals surface area contributed by atoms with Gasteiger partial charge in [0.2, 0.25) is 0 Å². The van der Waals surface area contributed by atoms with Crippen molar-refractivity contribution >= 4 is 18.8 Å². The summed E-state index contributed by atoms with van der Waals surface area (Å²) in [6.45, 7) is 9.38. The molecule has 2 aromatic heterocycles. The van der Waals surface area contributed by atoms with Crippen molar-refractivity contribution < 1.29 is 32.6 Å². The lowest BCUT2D eigenvalue weighted by Crippen LogP contribution is -2.40. The minimum absolute atomic E-state index is 0.0220. The molecule has 1 aliphatic heterocycles. The average Bonchev–Trinajstić information content (AvgIpc) is 3.76. The van der Waals surface area contributed by atoms with E-state index in [0.29, 0.717) is 17.1 Å². The van der Waals surface area contributed by atoms with Gasteiger partial charge >= 0.3 is 13.4 Å². The molecule has 4 atom stereocenters. The molecule has 5 aromatic rings. The first-order chi connectivity index (χ1) is 26.9. The van der Waals surface area contributed by atoms with Crippen molar-refractivity contribution in [2.24, 2.45) is 0 Å². The van der Waals surface area contributed by atoms with Crippen LogP contribution in [0.4, 0.5) is 0 Å². The molecule has 296 valence electrons. The molecule has 1 aliphatic rings.